The Balaban J connectivity index is 1.73. The third-order valence-electron chi connectivity index (χ3n) is 3.03. The average Bonchev–Trinajstić information content (AvgIpc) is 2.54. The maximum absolute atomic E-state index is 13.8. The van der Waals surface area contributed by atoms with Gasteiger partial charge in [0.25, 0.3) is 0 Å². The molecule has 0 saturated heterocycles. The van der Waals surface area contributed by atoms with Gasteiger partial charge in [0.2, 0.25) is 5.95 Å². The molecule has 4 N–H and O–H groups in total. The van der Waals surface area contributed by atoms with Crippen LogP contribution in [0.4, 0.5) is 21.7 Å². The van der Waals surface area contributed by atoms with Crippen molar-refractivity contribution in [2.24, 2.45) is 0 Å². The van der Waals surface area contributed by atoms with Gasteiger partial charge in [-0.05, 0) is 30.3 Å². The number of phenolic OH excluding ortho intramolecular Hbond substituents is 1. The molecule has 0 radical (unpaired) electrons. The highest BCUT2D eigenvalue weighted by atomic mass is 35.5. The Morgan fingerprint density at radius 1 is 1.12 bits per heavy atom. The molecule has 0 bridgehead atoms. The van der Waals surface area contributed by atoms with E-state index in [4.69, 9.17) is 17.3 Å². The third kappa shape index (κ3) is 3.87. The maximum atomic E-state index is 13.8. The second kappa shape index (κ2) is 6.94. The summed E-state index contributed by atoms with van der Waals surface area (Å²) in [6, 6.07) is 9.04. The maximum Gasteiger partial charge on any atom is 0.227 e. The van der Waals surface area contributed by atoms with Crippen molar-refractivity contribution in [2.45, 2.75) is 9.79 Å². The van der Waals surface area contributed by atoms with E-state index in [1.807, 2.05) is 0 Å². The van der Waals surface area contributed by atoms with Crippen LogP contribution in [0.15, 0.2) is 58.6 Å². The molecule has 3 aromatic rings. The van der Waals surface area contributed by atoms with E-state index in [9.17, 15) is 9.50 Å². The number of benzene rings is 2. The van der Waals surface area contributed by atoms with Crippen LogP contribution in [0.1, 0.15) is 0 Å². The van der Waals surface area contributed by atoms with Crippen LogP contribution < -0.4 is 11.1 Å². The first-order valence-electron chi connectivity index (χ1n) is 6.82. The van der Waals surface area contributed by atoms with Crippen LogP contribution in [0.3, 0.4) is 0 Å². The van der Waals surface area contributed by atoms with E-state index in [1.54, 1.807) is 30.6 Å². The van der Waals surface area contributed by atoms with Gasteiger partial charge in [-0.2, -0.15) is 0 Å². The minimum absolute atomic E-state index is 0.0794. The molecule has 3 rings (SSSR count). The number of aromatic nitrogens is 2. The average molecular weight is 363 g/mol. The van der Waals surface area contributed by atoms with Crippen molar-refractivity contribution in [3.05, 3.63) is 59.6 Å². The van der Waals surface area contributed by atoms with Crippen LogP contribution in [0, 0.1) is 5.82 Å². The van der Waals surface area contributed by atoms with Gasteiger partial charge in [-0.3, -0.25) is 0 Å². The molecule has 0 amide bonds. The monoisotopic (exact) mass is 362 g/mol. The lowest BCUT2D eigenvalue weighted by atomic mass is 10.2. The highest BCUT2D eigenvalue weighted by Crippen LogP contribution is 2.31. The second-order valence-corrected chi connectivity index (χ2v) is 6.37. The van der Waals surface area contributed by atoms with E-state index in [0.717, 1.165) is 0 Å². The van der Waals surface area contributed by atoms with Crippen molar-refractivity contribution in [1.29, 1.82) is 0 Å². The number of nitrogen functional groups attached to an aromatic ring is 1. The summed E-state index contributed by atoms with van der Waals surface area (Å²) < 4.78 is 13.8. The molecule has 0 aliphatic heterocycles. The molecular weight excluding hydrogens is 351 g/mol. The van der Waals surface area contributed by atoms with Crippen molar-refractivity contribution in [2.75, 3.05) is 11.1 Å². The van der Waals surface area contributed by atoms with Crippen molar-refractivity contribution in [3.63, 3.8) is 0 Å². The van der Waals surface area contributed by atoms with E-state index in [2.05, 4.69) is 15.3 Å². The van der Waals surface area contributed by atoms with Crippen LogP contribution >= 0.6 is 23.4 Å². The van der Waals surface area contributed by atoms with Crippen LogP contribution in [-0.2, 0) is 0 Å². The van der Waals surface area contributed by atoms with Gasteiger partial charge in [-0.1, -0.05) is 23.4 Å². The molecule has 1 heterocycles. The summed E-state index contributed by atoms with van der Waals surface area (Å²) in [4.78, 5) is 9.46. The number of nitrogens with two attached hydrogens (primary N) is 1. The van der Waals surface area contributed by atoms with Crippen LogP contribution in [-0.4, -0.2) is 15.1 Å². The summed E-state index contributed by atoms with van der Waals surface area (Å²) in [5.74, 6) is 0.0237. The summed E-state index contributed by atoms with van der Waals surface area (Å²) in [6.07, 6.45) is 3.15. The standard InChI is InChI=1S/C16H12ClFN4OS/c17-9-1-4-15(12(18)5-9)24-11-7-20-16(21-8-11)22-14-3-2-10(23)6-13(14)19/h1-8,23H,19H2,(H,20,21,22). The lowest BCUT2D eigenvalue weighted by Gasteiger charge is -2.08. The summed E-state index contributed by atoms with van der Waals surface area (Å²) in [6.45, 7) is 0. The number of anilines is 3. The fourth-order valence-corrected chi connectivity index (χ4v) is 2.82. The second-order valence-electron chi connectivity index (χ2n) is 4.82. The zero-order chi connectivity index (χ0) is 17.1. The fraction of sp³-hybridized carbons (Fsp3) is 0. The Hall–Kier alpha value is -2.51. The van der Waals surface area contributed by atoms with Gasteiger partial charge >= 0.3 is 0 Å². The Morgan fingerprint density at radius 2 is 1.88 bits per heavy atom. The molecular formula is C16H12ClFN4OS. The highest BCUT2D eigenvalue weighted by molar-refractivity contribution is 7.99. The van der Waals surface area contributed by atoms with Gasteiger partial charge in [-0.15, -0.1) is 0 Å². The topological polar surface area (TPSA) is 84.1 Å². The summed E-state index contributed by atoms with van der Waals surface area (Å²) >= 11 is 6.93. The number of halogens is 2. The number of aromatic hydroxyl groups is 1. The first-order chi connectivity index (χ1) is 11.5. The zero-order valence-electron chi connectivity index (χ0n) is 12.2. The number of nitrogens with zero attached hydrogens (tertiary/aromatic N) is 2. The van der Waals surface area contributed by atoms with Gasteiger partial charge in [-0.25, -0.2) is 14.4 Å². The van der Waals surface area contributed by atoms with Crippen molar-refractivity contribution in [3.8, 4) is 5.75 Å². The van der Waals surface area contributed by atoms with Gasteiger partial charge in [0, 0.05) is 33.3 Å². The SMILES string of the molecule is Nc1cc(O)ccc1Nc1ncc(Sc2ccc(Cl)cc2F)cn1. The number of hydrogen-bond acceptors (Lipinski definition) is 6. The Bertz CT molecular complexity index is 804. The third-order valence-corrected chi connectivity index (χ3v) is 4.26. The van der Waals surface area contributed by atoms with Crippen molar-refractivity contribution >= 4 is 40.7 Å². The largest absolute Gasteiger partial charge is 0.508 e. The fourth-order valence-electron chi connectivity index (χ4n) is 1.90. The van der Waals surface area contributed by atoms with Crippen molar-refractivity contribution in [1.82, 2.24) is 9.97 Å². The first-order valence-corrected chi connectivity index (χ1v) is 8.01. The molecule has 0 spiro atoms. The molecule has 0 aliphatic carbocycles. The van der Waals surface area contributed by atoms with E-state index in [1.165, 1.54) is 30.0 Å². The molecule has 0 saturated carbocycles. The lowest BCUT2D eigenvalue weighted by Crippen LogP contribution is -1.99. The van der Waals surface area contributed by atoms with E-state index < -0.39 is 5.82 Å². The van der Waals surface area contributed by atoms with E-state index in [-0.39, 0.29) is 5.75 Å². The van der Waals surface area contributed by atoms with Crippen LogP contribution in [0.25, 0.3) is 0 Å². The van der Waals surface area contributed by atoms with Crippen LogP contribution in [0.5, 0.6) is 5.75 Å². The minimum Gasteiger partial charge on any atom is -0.508 e. The predicted molar refractivity (Wildman–Crippen MR) is 93.4 cm³/mol. The Kier molecular flexibility index (Phi) is 4.73. The predicted octanol–water partition coefficient (Wildman–Crippen LogP) is 4.45. The molecule has 5 nitrogen and oxygen atoms in total. The summed E-state index contributed by atoms with van der Waals surface area (Å²) in [5, 5.41) is 12.6. The molecule has 122 valence electrons. The normalized spacial score (nSPS) is 10.6. The smallest absolute Gasteiger partial charge is 0.227 e. The molecule has 0 aliphatic rings. The van der Waals surface area contributed by atoms with Crippen molar-refractivity contribution < 1.29 is 9.50 Å². The highest BCUT2D eigenvalue weighted by Gasteiger charge is 2.07. The van der Waals surface area contributed by atoms with Crippen LogP contribution in [0.2, 0.25) is 5.02 Å². The number of rotatable bonds is 4. The minimum atomic E-state index is -0.397. The van der Waals surface area contributed by atoms with Gasteiger partial charge in [0.15, 0.2) is 0 Å². The summed E-state index contributed by atoms with van der Waals surface area (Å²) in [5.41, 5.74) is 6.75. The lowest BCUT2D eigenvalue weighted by molar-refractivity contribution is 0.476. The quantitative estimate of drug-likeness (QED) is 0.469. The zero-order valence-corrected chi connectivity index (χ0v) is 13.8. The molecule has 0 unspecified atom stereocenters. The Morgan fingerprint density at radius 3 is 2.54 bits per heavy atom. The van der Waals surface area contributed by atoms with E-state index in [0.29, 0.717) is 32.1 Å². The number of phenols is 1. The first kappa shape index (κ1) is 16.4. The number of hydrogen-bond donors (Lipinski definition) is 3. The van der Waals surface area contributed by atoms with Gasteiger partial charge in [0.05, 0.1) is 11.4 Å². The van der Waals surface area contributed by atoms with E-state index >= 15 is 0 Å². The molecule has 0 fully saturated rings. The Labute approximate surface area is 146 Å². The van der Waals surface area contributed by atoms with Gasteiger partial charge < -0.3 is 16.2 Å². The number of nitrogens with one attached hydrogen (secondary N) is 1. The molecule has 8 heteroatoms. The molecule has 0 atom stereocenters. The summed E-state index contributed by atoms with van der Waals surface area (Å²) in [7, 11) is 0. The molecule has 1 aromatic heterocycles. The van der Waals surface area contributed by atoms with Gasteiger partial charge in [0.1, 0.15) is 11.6 Å². The molecule has 24 heavy (non-hydrogen) atoms. The molecule has 2 aromatic carbocycles.